The zero-order chi connectivity index (χ0) is 14.4. The zero-order valence-corrected chi connectivity index (χ0v) is 11.9. The maximum Gasteiger partial charge on any atom is 0.158 e. The summed E-state index contributed by atoms with van der Waals surface area (Å²) in [5, 5.41) is 3.31. The standard InChI is InChI=1S/C17H19N3/c1-4-9-13(3)16-18-15(10-5-2)19-17(20-16)14-11-7-6-8-12-14/h4-12,15H,3H2,1-2H3,(H,18,19,20)/b9-4-,10-5+. The largest absolute Gasteiger partial charge is 0.345 e. The number of nitrogens with one attached hydrogen (secondary N) is 1. The first kappa shape index (κ1) is 14.0. The highest BCUT2D eigenvalue weighted by Crippen LogP contribution is 2.11. The lowest BCUT2D eigenvalue weighted by molar-refractivity contribution is 0.756. The average Bonchev–Trinajstić information content (AvgIpc) is 2.48. The number of amidine groups is 2. The summed E-state index contributed by atoms with van der Waals surface area (Å²) in [5.74, 6) is 1.49. The number of hydrogen-bond donors (Lipinski definition) is 1. The van der Waals surface area contributed by atoms with Crippen molar-refractivity contribution in [2.24, 2.45) is 9.98 Å². The summed E-state index contributed by atoms with van der Waals surface area (Å²) >= 11 is 0. The Kier molecular flexibility index (Phi) is 4.66. The molecule has 20 heavy (non-hydrogen) atoms. The number of allylic oxidation sites excluding steroid dienone is 2. The molecule has 3 heteroatoms. The molecule has 1 atom stereocenters. The predicted octanol–water partition coefficient (Wildman–Crippen LogP) is 3.47. The van der Waals surface area contributed by atoms with Crippen LogP contribution in [-0.4, -0.2) is 17.8 Å². The average molecular weight is 265 g/mol. The quantitative estimate of drug-likeness (QED) is 0.657. The lowest BCUT2D eigenvalue weighted by atomic mass is 10.1. The Morgan fingerprint density at radius 2 is 1.95 bits per heavy atom. The third-order valence-corrected chi connectivity index (χ3v) is 2.84. The Hall–Kier alpha value is -2.42. The van der Waals surface area contributed by atoms with E-state index in [1.54, 1.807) is 0 Å². The molecule has 1 aromatic carbocycles. The Morgan fingerprint density at radius 1 is 1.20 bits per heavy atom. The summed E-state index contributed by atoms with van der Waals surface area (Å²) in [5.41, 5.74) is 1.86. The second-order valence-corrected chi connectivity index (χ2v) is 4.42. The molecule has 0 spiro atoms. The van der Waals surface area contributed by atoms with Crippen LogP contribution in [0.15, 0.2) is 76.8 Å². The molecule has 0 aromatic heterocycles. The van der Waals surface area contributed by atoms with Crippen LogP contribution in [-0.2, 0) is 0 Å². The number of nitrogens with zero attached hydrogens (tertiary/aromatic N) is 2. The molecule has 3 nitrogen and oxygen atoms in total. The summed E-state index contributed by atoms with van der Waals surface area (Å²) < 4.78 is 0. The molecule has 0 saturated carbocycles. The van der Waals surface area contributed by atoms with Crippen LogP contribution < -0.4 is 5.32 Å². The number of hydrogen-bond acceptors (Lipinski definition) is 3. The van der Waals surface area contributed by atoms with Crippen LogP contribution in [0.2, 0.25) is 0 Å². The number of aliphatic imine (C=N–C) groups is 2. The molecule has 0 fully saturated rings. The molecule has 0 radical (unpaired) electrons. The van der Waals surface area contributed by atoms with Gasteiger partial charge in [0.15, 0.2) is 5.84 Å². The maximum atomic E-state index is 4.57. The second-order valence-electron chi connectivity index (χ2n) is 4.42. The molecular formula is C17H19N3. The fourth-order valence-corrected chi connectivity index (χ4v) is 1.92. The topological polar surface area (TPSA) is 36.8 Å². The highest BCUT2D eigenvalue weighted by molar-refractivity contribution is 6.13. The van der Waals surface area contributed by atoms with Crippen molar-refractivity contribution in [1.82, 2.24) is 5.32 Å². The maximum absolute atomic E-state index is 4.57. The molecule has 1 aliphatic heterocycles. The molecule has 0 aliphatic carbocycles. The van der Waals surface area contributed by atoms with Gasteiger partial charge in [-0.3, -0.25) is 0 Å². The molecular weight excluding hydrogens is 246 g/mol. The van der Waals surface area contributed by atoms with Gasteiger partial charge in [-0.1, -0.05) is 55.1 Å². The molecule has 1 aliphatic rings. The van der Waals surface area contributed by atoms with Crippen LogP contribution in [0.25, 0.3) is 0 Å². The van der Waals surface area contributed by atoms with E-state index in [0.717, 1.165) is 17.0 Å². The van der Waals surface area contributed by atoms with Crippen LogP contribution in [0.4, 0.5) is 0 Å². The number of benzene rings is 1. The second kappa shape index (κ2) is 6.66. The van der Waals surface area contributed by atoms with Crippen LogP contribution in [0.1, 0.15) is 19.4 Å². The summed E-state index contributed by atoms with van der Waals surface area (Å²) in [6, 6.07) is 10.0. The Bertz CT molecular complexity index is 592. The Morgan fingerprint density at radius 3 is 2.60 bits per heavy atom. The summed E-state index contributed by atoms with van der Waals surface area (Å²) in [6.07, 6.45) is 7.73. The van der Waals surface area contributed by atoms with E-state index in [0.29, 0.717) is 5.84 Å². The summed E-state index contributed by atoms with van der Waals surface area (Å²) in [7, 11) is 0. The van der Waals surface area contributed by atoms with Crippen molar-refractivity contribution >= 4 is 11.7 Å². The first-order chi connectivity index (χ1) is 9.74. The molecule has 0 saturated heterocycles. The van der Waals surface area contributed by atoms with Crippen molar-refractivity contribution < 1.29 is 0 Å². The smallest absolute Gasteiger partial charge is 0.158 e. The van der Waals surface area contributed by atoms with Crippen LogP contribution >= 0.6 is 0 Å². The highest BCUT2D eigenvalue weighted by atomic mass is 15.2. The molecule has 1 heterocycles. The van der Waals surface area contributed by atoms with Crippen LogP contribution in [0.5, 0.6) is 0 Å². The lowest BCUT2D eigenvalue weighted by Crippen LogP contribution is -2.37. The van der Waals surface area contributed by atoms with Crippen LogP contribution in [0, 0.1) is 0 Å². The van der Waals surface area contributed by atoms with E-state index in [1.165, 1.54) is 0 Å². The van der Waals surface area contributed by atoms with Crippen molar-refractivity contribution in [2.75, 3.05) is 0 Å². The van der Waals surface area contributed by atoms with Crippen molar-refractivity contribution in [3.8, 4) is 0 Å². The number of rotatable bonds is 4. The first-order valence-corrected chi connectivity index (χ1v) is 6.68. The first-order valence-electron chi connectivity index (χ1n) is 6.68. The van der Waals surface area contributed by atoms with Gasteiger partial charge < -0.3 is 5.32 Å². The summed E-state index contributed by atoms with van der Waals surface area (Å²) in [4.78, 5) is 9.12. The minimum absolute atomic E-state index is 0.107. The van der Waals surface area contributed by atoms with E-state index >= 15 is 0 Å². The molecule has 1 N–H and O–H groups in total. The van der Waals surface area contributed by atoms with Crippen molar-refractivity contribution in [1.29, 1.82) is 0 Å². The Labute approximate surface area is 120 Å². The van der Waals surface area contributed by atoms with Gasteiger partial charge in [-0.25, -0.2) is 9.98 Å². The minimum atomic E-state index is -0.107. The van der Waals surface area contributed by atoms with Gasteiger partial charge in [0.25, 0.3) is 0 Å². The molecule has 1 aromatic rings. The highest BCUT2D eigenvalue weighted by Gasteiger charge is 2.16. The van der Waals surface area contributed by atoms with Gasteiger partial charge in [-0.05, 0) is 19.9 Å². The molecule has 0 bridgehead atoms. The molecule has 0 amide bonds. The van der Waals surface area contributed by atoms with E-state index in [-0.39, 0.29) is 6.17 Å². The van der Waals surface area contributed by atoms with Gasteiger partial charge in [-0.2, -0.15) is 0 Å². The van der Waals surface area contributed by atoms with E-state index in [4.69, 9.17) is 0 Å². The van der Waals surface area contributed by atoms with Gasteiger partial charge in [0.1, 0.15) is 12.0 Å². The van der Waals surface area contributed by atoms with Crippen molar-refractivity contribution in [2.45, 2.75) is 20.0 Å². The zero-order valence-electron chi connectivity index (χ0n) is 11.9. The third kappa shape index (κ3) is 3.32. The monoisotopic (exact) mass is 265 g/mol. The van der Waals surface area contributed by atoms with Gasteiger partial charge >= 0.3 is 0 Å². The normalized spacial score (nSPS) is 18.8. The van der Waals surface area contributed by atoms with Crippen molar-refractivity contribution in [3.63, 3.8) is 0 Å². The van der Waals surface area contributed by atoms with Crippen LogP contribution in [0.3, 0.4) is 0 Å². The van der Waals surface area contributed by atoms with E-state index < -0.39 is 0 Å². The van der Waals surface area contributed by atoms with E-state index in [1.807, 2.05) is 68.5 Å². The fraction of sp³-hybridized carbons (Fsp3) is 0.176. The summed E-state index contributed by atoms with van der Waals surface area (Å²) in [6.45, 7) is 7.95. The van der Waals surface area contributed by atoms with Gasteiger partial charge in [0.2, 0.25) is 0 Å². The SMILES string of the molecule is C=C(/C=C\C)C1=NC(/C=C/C)NC(c2ccccc2)=N1. The molecule has 102 valence electrons. The fourth-order valence-electron chi connectivity index (χ4n) is 1.92. The third-order valence-electron chi connectivity index (χ3n) is 2.84. The predicted molar refractivity (Wildman–Crippen MR) is 86.1 cm³/mol. The van der Waals surface area contributed by atoms with Gasteiger partial charge in [0.05, 0.1) is 0 Å². The lowest BCUT2D eigenvalue weighted by Gasteiger charge is -2.21. The molecule has 2 rings (SSSR count). The van der Waals surface area contributed by atoms with E-state index in [2.05, 4.69) is 21.9 Å². The van der Waals surface area contributed by atoms with Gasteiger partial charge in [-0.15, -0.1) is 0 Å². The van der Waals surface area contributed by atoms with Crippen molar-refractivity contribution in [3.05, 3.63) is 72.4 Å². The van der Waals surface area contributed by atoms with E-state index in [9.17, 15) is 0 Å². The van der Waals surface area contributed by atoms with Gasteiger partial charge in [0, 0.05) is 11.1 Å². The minimum Gasteiger partial charge on any atom is -0.345 e. The molecule has 1 unspecified atom stereocenters. The Balaban J connectivity index is 2.38.